The van der Waals surface area contributed by atoms with E-state index in [4.69, 9.17) is 4.74 Å². The second-order valence-electron chi connectivity index (χ2n) is 7.07. The molecule has 4 rings (SSSR count). The molecule has 0 aliphatic rings. The van der Waals surface area contributed by atoms with Crippen LogP contribution in [-0.4, -0.2) is 37.2 Å². The number of aromatic nitrogens is 5. The van der Waals surface area contributed by atoms with Gasteiger partial charge in [0.1, 0.15) is 5.75 Å². The van der Waals surface area contributed by atoms with Crippen LogP contribution in [0.15, 0.2) is 33.9 Å². The molecule has 0 aliphatic carbocycles. The quantitative estimate of drug-likeness (QED) is 0.484. The van der Waals surface area contributed by atoms with Gasteiger partial charge in [-0.05, 0) is 32.4 Å². The predicted molar refractivity (Wildman–Crippen MR) is 112 cm³/mol. The minimum absolute atomic E-state index is 0.389. The number of ether oxygens (including phenoxy) is 1. The van der Waals surface area contributed by atoms with E-state index in [0.717, 1.165) is 42.3 Å². The Morgan fingerprint density at radius 2 is 2.00 bits per heavy atom. The van der Waals surface area contributed by atoms with Crippen LogP contribution in [0.4, 0.5) is 5.69 Å². The molecular formula is C20H24N6O3. The molecule has 2 N–H and O–H groups in total. The highest BCUT2D eigenvalue weighted by Gasteiger charge is 2.20. The van der Waals surface area contributed by atoms with Gasteiger partial charge in [-0.1, -0.05) is 6.07 Å². The molecule has 0 amide bonds. The van der Waals surface area contributed by atoms with Gasteiger partial charge in [0.05, 0.1) is 7.11 Å². The zero-order valence-corrected chi connectivity index (χ0v) is 16.9. The molecule has 4 aromatic rings. The Bertz CT molecular complexity index is 1320. The van der Waals surface area contributed by atoms with Crippen molar-refractivity contribution >= 4 is 22.6 Å². The monoisotopic (exact) mass is 396 g/mol. The number of benzene rings is 1. The molecule has 29 heavy (non-hydrogen) atoms. The Morgan fingerprint density at radius 1 is 1.21 bits per heavy atom. The maximum absolute atomic E-state index is 12.4. The molecule has 0 aliphatic heterocycles. The number of fused-ring (bicyclic) bond motifs is 3. The Balaban J connectivity index is 1.62. The average Bonchev–Trinajstić information content (AvgIpc) is 3.21. The molecule has 152 valence electrons. The Hall–Kier alpha value is -3.49. The maximum Gasteiger partial charge on any atom is 0.329 e. The van der Waals surface area contributed by atoms with E-state index in [-0.39, 0.29) is 0 Å². The fraction of sp³-hybridized carbons (Fsp3) is 0.350. The lowest BCUT2D eigenvalue weighted by Crippen LogP contribution is -2.28. The van der Waals surface area contributed by atoms with Gasteiger partial charge in [-0.25, -0.2) is 4.79 Å². The number of H-pyrrole nitrogens is 1. The van der Waals surface area contributed by atoms with Gasteiger partial charge in [0, 0.05) is 43.3 Å². The minimum atomic E-state index is -0.466. The van der Waals surface area contributed by atoms with Crippen LogP contribution < -0.4 is 21.3 Å². The molecule has 0 unspecified atom stereocenters. The van der Waals surface area contributed by atoms with Gasteiger partial charge in [0.15, 0.2) is 11.2 Å². The van der Waals surface area contributed by atoms with Crippen molar-refractivity contribution in [2.24, 2.45) is 7.05 Å². The second-order valence-corrected chi connectivity index (χ2v) is 7.07. The van der Waals surface area contributed by atoms with Gasteiger partial charge >= 0.3 is 5.69 Å². The van der Waals surface area contributed by atoms with Crippen LogP contribution in [0, 0.1) is 13.8 Å². The lowest BCUT2D eigenvalue weighted by molar-refractivity contribution is 0.415. The third-order valence-corrected chi connectivity index (χ3v) is 5.36. The Kier molecular flexibility index (Phi) is 4.65. The van der Waals surface area contributed by atoms with Crippen molar-refractivity contribution in [3.05, 3.63) is 56.5 Å². The first-order valence-electron chi connectivity index (χ1n) is 9.47. The molecule has 3 heterocycles. The molecule has 0 spiro atoms. The van der Waals surface area contributed by atoms with E-state index < -0.39 is 11.2 Å². The lowest BCUT2D eigenvalue weighted by atomic mass is 10.3. The Labute approximate surface area is 166 Å². The average molecular weight is 396 g/mol. The van der Waals surface area contributed by atoms with Gasteiger partial charge in [-0.2, -0.15) is 4.98 Å². The maximum atomic E-state index is 12.4. The minimum Gasteiger partial charge on any atom is -0.497 e. The van der Waals surface area contributed by atoms with E-state index in [0.29, 0.717) is 16.9 Å². The number of methoxy groups -OCH3 is 1. The summed E-state index contributed by atoms with van der Waals surface area (Å²) in [6, 6.07) is 7.81. The van der Waals surface area contributed by atoms with Gasteiger partial charge in [-0.3, -0.25) is 18.7 Å². The summed E-state index contributed by atoms with van der Waals surface area (Å²) in [5.41, 5.74) is 2.89. The Morgan fingerprint density at radius 3 is 2.76 bits per heavy atom. The van der Waals surface area contributed by atoms with Crippen LogP contribution in [0.25, 0.3) is 16.9 Å². The molecule has 0 atom stereocenters. The summed E-state index contributed by atoms with van der Waals surface area (Å²) < 4.78 is 10.5. The zero-order valence-electron chi connectivity index (χ0n) is 16.9. The number of anilines is 1. The normalized spacial score (nSPS) is 11.4. The highest BCUT2D eigenvalue weighted by molar-refractivity contribution is 5.76. The van der Waals surface area contributed by atoms with Crippen molar-refractivity contribution in [1.29, 1.82) is 0 Å². The molecule has 9 heteroatoms. The molecule has 0 bridgehead atoms. The molecule has 9 nitrogen and oxygen atoms in total. The van der Waals surface area contributed by atoms with Crippen LogP contribution in [0.5, 0.6) is 5.75 Å². The van der Waals surface area contributed by atoms with Crippen LogP contribution >= 0.6 is 0 Å². The van der Waals surface area contributed by atoms with Crippen molar-refractivity contribution in [2.75, 3.05) is 19.0 Å². The number of hydrogen-bond acceptors (Lipinski definition) is 5. The van der Waals surface area contributed by atoms with E-state index in [1.165, 1.54) is 4.57 Å². The summed E-state index contributed by atoms with van der Waals surface area (Å²) in [6.07, 6.45) is 0.861. The molecule has 0 fully saturated rings. The van der Waals surface area contributed by atoms with Crippen molar-refractivity contribution in [3.63, 3.8) is 0 Å². The standard InChI is InChI=1S/C20H24N6O3/c1-12-13(2)26-16-17(24(3)20(28)23-18(16)27)22-19(26)25(12)10-6-9-21-14-7-5-8-15(11-14)29-4/h5,7-8,11,21H,6,9-10H2,1-4H3,(H,23,27,28). The largest absolute Gasteiger partial charge is 0.497 e. The molecule has 0 saturated heterocycles. The number of nitrogens with zero attached hydrogens (tertiary/aromatic N) is 4. The van der Waals surface area contributed by atoms with Gasteiger partial charge in [-0.15, -0.1) is 0 Å². The van der Waals surface area contributed by atoms with Crippen molar-refractivity contribution in [3.8, 4) is 5.75 Å². The van der Waals surface area contributed by atoms with Crippen LogP contribution in [0.3, 0.4) is 0 Å². The molecule has 0 saturated carbocycles. The molecule has 1 aromatic carbocycles. The first-order valence-corrected chi connectivity index (χ1v) is 9.47. The fourth-order valence-corrected chi connectivity index (χ4v) is 3.65. The smallest absolute Gasteiger partial charge is 0.329 e. The molecular weight excluding hydrogens is 372 g/mol. The summed E-state index contributed by atoms with van der Waals surface area (Å²) in [5, 5.41) is 3.40. The topological polar surface area (TPSA) is 98.4 Å². The SMILES string of the molecule is COc1cccc(NCCCn2c(C)c(C)n3c4c(=O)[nH]c(=O)n(C)c4nc23)c1. The number of hydrogen-bond donors (Lipinski definition) is 2. The summed E-state index contributed by atoms with van der Waals surface area (Å²) in [4.78, 5) is 31.3. The van der Waals surface area contributed by atoms with Gasteiger partial charge < -0.3 is 14.6 Å². The van der Waals surface area contributed by atoms with Crippen LogP contribution in [0.2, 0.25) is 0 Å². The number of aryl methyl sites for hydroxylation is 3. The summed E-state index contributed by atoms with van der Waals surface area (Å²) in [5.74, 6) is 1.48. The van der Waals surface area contributed by atoms with Gasteiger partial charge in [0.2, 0.25) is 5.78 Å². The summed E-state index contributed by atoms with van der Waals surface area (Å²) in [7, 11) is 3.26. The lowest BCUT2D eigenvalue weighted by Gasteiger charge is -2.09. The first-order chi connectivity index (χ1) is 13.9. The van der Waals surface area contributed by atoms with E-state index in [9.17, 15) is 9.59 Å². The van der Waals surface area contributed by atoms with Gasteiger partial charge in [0.25, 0.3) is 5.56 Å². The number of imidazole rings is 2. The highest BCUT2D eigenvalue weighted by atomic mass is 16.5. The van der Waals surface area contributed by atoms with Crippen molar-refractivity contribution in [2.45, 2.75) is 26.8 Å². The van der Waals surface area contributed by atoms with E-state index >= 15 is 0 Å². The predicted octanol–water partition coefficient (Wildman–Crippen LogP) is 1.80. The number of rotatable bonds is 6. The van der Waals surface area contributed by atoms with Crippen LogP contribution in [0.1, 0.15) is 17.8 Å². The van der Waals surface area contributed by atoms with E-state index in [1.54, 1.807) is 14.2 Å². The molecule has 0 radical (unpaired) electrons. The highest BCUT2D eigenvalue weighted by Crippen LogP contribution is 2.21. The summed E-state index contributed by atoms with van der Waals surface area (Å²) in [6.45, 7) is 5.48. The first kappa shape index (κ1) is 18.9. The van der Waals surface area contributed by atoms with Crippen LogP contribution in [-0.2, 0) is 13.6 Å². The molecule has 3 aromatic heterocycles. The fourth-order valence-electron chi connectivity index (χ4n) is 3.65. The van der Waals surface area contributed by atoms with Crippen molar-refractivity contribution < 1.29 is 4.74 Å². The van der Waals surface area contributed by atoms with Crippen molar-refractivity contribution in [1.82, 2.24) is 23.5 Å². The summed E-state index contributed by atoms with van der Waals surface area (Å²) >= 11 is 0. The van der Waals surface area contributed by atoms with E-state index in [2.05, 4.69) is 19.9 Å². The number of aromatic amines is 1. The third kappa shape index (κ3) is 3.08. The zero-order chi connectivity index (χ0) is 20.7. The second kappa shape index (κ2) is 7.16. The third-order valence-electron chi connectivity index (χ3n) is 5.36. The van der Waals surface area contributed by atoms with E-state index in [1.807, 2.05) is 42.5 Å². The number of nitrogens with one attached hydrogen (secondary N) is 2.